The van der Waals surface area contributed by atoms with Gasteiger partial charge in [-0.15, -0.1) is 0 Å². The fraction of sp³-hybridized carbons (Fsp3) is 0.750. The molecule has 0 bridgehead atoms. The Labute approximate surface area is 196 Å². The zero-order chi connectivity index (χ0) is 23.1. The summed E-state index contributed by atoms with van der Waals surface area (Å²) in [4.78, 5) is 15.4. The summed E-state index contributed by atoms with van der Waals surface area (Å²) < 4.78 is 0. The first kappa shape index (κ1) is 24.9. The predicted octanol–water partition coefficient (Wildman–Crippen LogP) is 7.46. The van der Waals surface area contributed by atoms with Gasteiger partial charge in [0, 0.05) is 30.5 Å². The number of nitrogens with one attached hydrogen (secondary N) is 2. The number of amides is 2. The lowest BCUT2D eigenvalue weighted by molar-refractivity contribution is 0.0523. The molecule has 2 N–H and O–H groups in total. The van der Waals surface area contributed by atoms with Crippen LogP contribution in [0.25, 0.3) is 0 Å². The molecule has 1 aromatic rings. The minimum Gasteiger partial charge on any atom is -0.371 e. The summed E-state index contributed by atoms with van der Waals surface area (Å²) in [7, 11) is 0. The van der Waals surface area contributed by atoms with Crippen LogP contribution in [0.15, 0.2) is 24.3 Å². The summed E-state index contributed by atoms with van der Waals surface area (Å²) in [6.07, 6.45) is 11.7. The van der Waals surface area contributed by atoms with Gasteiger partial charge in [0.1, 0.15) is 0 Å². The molecule has 0 heterocycles. The summed E-state index contributed by atoms with van der Waals surface area (Å²) >= 11 is 0. The fourth-order valence-corrected chi connectivity index (χ4v) is 6.09. The van der Waals surface area contributed by atoms with Crippen LogP contribution in [-0.2, 0) is 0 Å². The molecule has 4 heteroatoms. The molecule has 0 spiro atoms. The molecule has 2 aliphatic carbocycles. The SMILES string of the molecule is CC(C)CN(CC(C)C)c1ccc(NC(=O)NC2CCCCC2(C)C2CCCCC2)cc1. The average molecular weight is 442 g/mol. The van der Waals surface area contributed by atoms with E-state index < -0.39 is 0 Å². The summed E-state index contributed by atoms with van der Waals surface area (Å²) in [6, 6.07) is 8.62. The van der Waals surface area contributed by atoms with Crippen LogP contribution >= 0.6 is 0 Å². The minimum atomic E-state index is -0.0482. The molecule has 2 saturated carbocycles. The van der Waals surface area contributed by atoms with Gasteiger partial charge in [0.2, 0.25) is 0 Å². The van der Waals surface area contributed by atoms with Gasteiger partial charge in [-0.25, -0.2) is 4.79 Å². The van der Waals surface area contributed by atoms with E-state index in [1.165, 1.54) is 57.1 Å². The Hall–Kier alpha value is -1.71. The fourth-order valence-electron chi connectivity index (χ4n) is 6.09. The maximum Gasteiger partial charge on any atom is 0.319 e. The lowest BCUT2D eigenvalue weighted by atomic mass is 9.60. The quantitative estimate of drug-likeness (QED) is 0.440. The zero-order valence-electron chi connectivity index (χ0n) is 21.3. The topological polar surface area (TPSA) is 44.4 Å². The first-order valence-electron chi connectivity index (χ1n) is 13.2. The van der Waals surface area contributed by atoms with Crippen LogP contribution in [0.3, 0.4) is 0 Å². The number of nitrogens with zero attached hydrogens (tertiary/aromatic N) is 1. The van der Waals surface area contributed by atoms with Crippen LogP contribution in [0, 0.1) is 23.2 Å². The van der Waals surface area contributed by atoms with Crippen LogP contribution in [0.4, 0.5) is 16.2 Å². The second-order valence-corrected chi connectivity index (χ2v) is 11.5. The van der Waals surface area contributed by atoms with Crippen molar-refractivity contribution in [1.82, 2.24) is 5.32 Å². The van der Waals surface area contributed by atoms with Gasteiger partial charge in [0.15, 0.2) is 0 Å². The van der Waals surface area contributed by atoms with Crippen LogP contribution in [0.2, 0.25) is 0 Å². The van der Waals surface area contributed by atoms with Crippen LogP contribution < -0.4 is 15.5 Å². The van der Waals surface area contributed by atoms with E-state index in [4.69, 9.17) is 0 Å². The number of carbonyl (C=O) groups excluding carboxylic acids is 1. The molecular formula is C28H47N3O. The highest BCUT2D eigenvalue weighted by molar-refractivity contribution is 5.89. The van der Waals surface area contributed by atoms with E-state index in [0.717, 1.165) is 31.1 Å². The number of hydrogen-bond donors (Lipinski definition) is 2. The highest BCUT2D eigenvalue weighted by atomic mass is 16.2. The molecule has 2 aliphatic rings. The predicted molar refractivity (Wildman–Crippen MR) is 137 cm³/mol. The Morgan fingerprint density at radius 2 is 1.53 bits per heavy atom. The van der Waals surface area contributed by atoms with Gasteiger partial charge < -0.3 is 15.5 Å². The third-order valence-electron chi connectivity index (χ3n) is 7.76. The summed E-state index contributed by atoms with van der Waals surface area (Å²) in [5.41, 5.74) is 2.35. The Morgan fingerprint density at radius 3 is 2.12 bits per heavy atom. The highest BCUT2D eigenvalue weighted by Crippen LogP contribution is 2.48. The van der Waals surface area contributed by atoms with E-state index in [-0.39, 0.29) is 17.5 Å². The van der Waals surface area contributed by atoms with Crippen molar-refractivity contribution in [3.8, 4) is 0 Å². The molecule has 2 atom stereocenters. The average Bonchev–Trinajstić information content (AvgIpc) is 2.75. The van der Waals surface area contributed by atoms with Crippen molar-refractivity contribution in [1.29, 1.82) is 0 Å². The lowest BCUT2D eigenvalue weighted by Gasteiger charge is -2.48. The van der Waals surface area contributed by atoms with Gasteiger partial charge in [-0.3, -0.25) is 0 Å². The molecule has 3 rings (SSSR count). The molecule has 0 saturated heterocycles. The smallest absolute Gasteiger partial charge is 0.319 e. The standard InChI is InChI=1S/C28H47N3O/c1-21(2)19-31(20-22(3)4)25-16-14-24(15-17-25)29-27(32)30-26-13-9-10-18-28(26,5)23-11-7-6-8-12-23/h14-17,21-23,26H,6-13,18-20H2,1-5H3,(H2,29,30,32). The van der Waals surface area contributed by atoms with Crippen molar-refractivity contribution in [2.24, 2.45) is 23.2 Å². The first-order chi connectivity index (χ1) is 15.3. The molecule has 2 amide bonds. The zero-order valence-corrected chi connectivity index (χ0v) is 21.3. The molecule has 0 radical (unpaired) electrons. The minimum absolute atomic E-state index is 0.0482. The van der Waals surface area contributed by atoms with Gasteiger partial charge in [-0.1, -0.05) is 66.7 Å². The number of hydrogen-bond acceptors (Lipinski definition) is 2. The van der Waals surface area contributed by atoms with Crippen molar-refractivity contribution in [3.05, 3.63) is 24.3 Å². The van der Waals surface area contributed by atoms with Gasteiger partial charge in [-0.05, 0) is 73.1 Å². The number of rotatable bonds is 8. The number of anilines is 2. The van der Waals surface area contributed by atoms with Crippen molar-refractivity contribution < 1.29 is 4.79 Å². The van der Waals surface area contributed by atoms with Crippen molar-refractivity contribution >= 4 is 17.4 Å². The summed E-state index contributed by atoms with van der Waals surface area (Å²) in [6.45, 7) is 13.6. The van der Waals surface area contributed by atoms with Gasteiger partial charge in [0.05, 0.1) is 0 Å². The van der Waals surface area contributed by atoms with Crippen LogP contribution in [-0.4, -0.2) is 25.2 Å². The van der Waals surface area contributed by atoms with Crippen LogP contribution in [0.1, 0.15) is 92.4 Å². The van der Waals surface area contributed by atoms with Crippen LogP contribution in [0.5, 0.6) is 0 Å². The van der Waals surface area contributed by atoms with E-state index in [0.29, 0.717) is 11.8 Å². The molecule has 0 aromatic heterocycles. The Morgan fingerprint density at radius 1 is 0.938 bits per heavy atom. The first-order valence-corrected chi connectivity index (χ1v) is 13.2. The second-order valence-electron chi connectivity index (χ2n) is 11.5. The van der Waals surface area contributed by atoms with Gasteiger partial charge >= 0.3 is 6.03 Å². The molecule has 0 aliphatic heterocycles. The number of urea groups is 1. The Balaban J connectivity index is 1.61. The summed E-state index contributed by atoms with van der Waals surface area (Å²) in [5.74, 6) is 1.99. The highest BCUT2D eigenvalue weighted by Gasteiger charge is 2.43. The molecule has 180 valence electrons. The van der Waals surface area contributed by atoms with E-state index in [9.17, 15) is 4.79 Å². The molecular weight excluding hydrogens is 394 g/mol. The largest absolute Gasteiger partial charge is 0.371 e. The second kappa shape index (κ2) is 11.4. The van der Waals surface area contributed by atoms with E-state index >= 15 is 0 Å². The monoisotopic (exact) mass is 441 g/mol. The molecule has 2 fully saturated rings. The maximum absolute atomic E-state index is 12.9. The molecule has 1 aromatic carbocycles. The third-order valence-corrected chi connectivity index (χ3v) is 7.76. The summed E-state index contributed by atoms with van der Waals surface area (Å²) in [5, 5.41) is 6.49. The maximum atomic E-state index is 12.9. The Bertz CT molecular complexity index is 698. The van der Waals surface area contributed by atoms with Gasteiger partial charge in [-0.2, -0.15) is 0 Å². The normalized spacial score (nSPS) is 24.5. The van der Waals surface area contributed by atoms with E-state index in [1.807, 2.05) is 12.1 Å². The number of benzene rings is 1. The number of carbonyl (C=O) groups is 1. The molecule has 2 unspecified atom stereocenters. The molecule has 32 heavy (non-hydrogen) atoms. The van der Waals surface area contributed by atoms with Crippen molar-refractivity contribution in [3.63, 3.8) is 0 Å². The van der Waals surface area contributed by atoms with E-state index in [1.54, 1.807) is 0 Å². The molecule has 4 nitrogen and oxygen atoms in total. The van der Waals surface area contributed by atoms with Gasteiger partial charge in [0.25, 0.3) is 0 Å². The lowest BCUT2D eigenvalue weighted by Crippen LogP contribution is -2.53. The van der Waals surface area contributed by atoms with E-state index in [2.05, 4.69) is 62.3 Å². The van der Waals surface area contributed by atoms with Crippen molar-refractivity contribution in [2.45, 2.75) is 98.4 Å². The third kappa shape index (κ3) is 6.65. The van der Waals surface area contributed by atoms with Crippen molar-refractivity contribution in [2.75, 3.05) is 23.3 Å². The Kier molecular flexibility index (Phi) is 8.90.